The molecule has 6 heteroatoms. The molecule has 0 bridgehead atoms. The van der Waals surface area contributed by atoms with E-state index in [2.05, 4.69) is 26.1 Å². The molecule has 0 aliphatic heterocycles. The summed E-state index contributed by atoms with van der Waals surface area (Å²) in [5.41, 5.74) is 0.384. The first-order valence-electron chi connectivity index (χ1n) is 14.8. The fraction of sp³-hybridized carbons (Fsp3) is 0.933. The molecule has 1 unspecified atom stereocenters. The highest BCUT2D eigenvalue weighted by molar-refractivity contribution is 5.83. The molecule has 0 aromatic rings. The Morgan fingerprint density at radius 2 is 1.61 bits per heavy atom. The number of hydrogen-bond donors (Lipinski definition) is 4. The van der Waals surface area contributed by atoms with E-state index in [1.807, 2.05) is 13.8 Å². The first-order valence-corrected chi connectivity index (χ1v) is 14.8. The van der Waals surface area contributed by atoms with Gasteiger partial charge in [0.15, 0.2) is 0 Å². The Balaban J connectivity index is 1.40. The molecule has 0 aromatic heterocycles. The third kappa shape index (κ3) is 4.86. The van der Waals surface area contributed by atoms with Crippen molar-refractivity contribution in [1.29, 1.82) is 0 Å². The standard InChI is InChI=1S/C30H51NO5/c1-6-17(2)27(28(35)36)31-26(34)10-7-18(3)21-8-9-22-20-16-25(33)24-15-19(32)11-13-30(24,5)23(20)12-14-29(21,22)4/h17-25,27,32-33H,6-16H2,1-5H3,(H,31,34)(H,35,36)/t17?,18-,19-,20+,21-,22+,23+,24+,25+,27+,29-,30-/m1/s1. The molecule has 6 nitrogen and oxygen atoms in total. The van der Waals surface area contributed by atoms with Crippen LogP contribution in [-0.2, 0) is 9.59 Å². The summed E-state index contributed by atoms with van der Waals surface area (Å²) in [6, 6.07) is -0.815. The van der Waals surface area contributed by atoms with Crippen LogP contribution in [0.1, 0.15) is 105 Å². The molecule has 4 aliphatic carbocycles. The van der Waals surface area contributed by atoms with E-state index in [1.54, 1.807) is 0 Å². The first-order chi connectivity index (χ1) is 16.9. The lowest BCUT2D eigenvalue weighted by Gasteiger charge is -2.62. The molecule has 4 fully saturated rings. The molecule has 4 rings (SSSR count). The van der Waals surface area contributed by atoms with Gasteiger partial charge in [-0.25, -0.2) is 4.79 Å². The van der Waals surface area contributed by atoms with Crippen LogP contribution in [0.2, 0.25) is 0 Å². The molecular weight excluding hydrogens is 454 g/mol. The van der Waals surface area contributed by atoms with E-state index in [0.717, 1.165) is 32.1 Å². The Morgan fingerprint density at radius 1 is 0.944 bits per heavy atom. The number of hydrogen-bond acceptors (Lipinski definition) is 4. The van der Waals surface area contributed by atoms with E-state index in [-0.39, 0.29) is 40.8 Å². The van der Waals surface area contributed by atoms with Crippen LogP contribution in [0.5, 0.6) is 0 Å². The van der Waals surface area contributed by atoms with E-state index in [4.69, 9.17) is 0 Å². The van der Waals surface area contributed by atoms with Crippen LogP contribution in [0, 0.1) is 52.3 Å². The predicted octanol–water partition coefficient (Wildman–Crippen LogP) is 5.01. The summed E-state index contributed by atoms with van der Waals surface area (Å²) in [6.45, 7) is 11.0. The summed E-state index contributed by atoms with van der Waals surface area (Å²) < 4.78 is 0. The number of carboxylic acid groups (broad SMARTS) is 1. The number of aliphatic hydroxyl groups is 2. The van der Waals surface area contributed by atoms with Crippen molar-refractivity contribution in [3.8, 4) is 0 Å². The first kappa shape index (κ1) is 27.9. The van der Waals surface area contributed by atoms with Gasteiger partial charge in [0.1, 0.15) is 6.04 Å². The van der Waals surface area contributed by atoms with Crippen molar-refractivity contribution in [3.63, 3.8) is 0 Å². The molecule has 4 N–H and O–H groups in total. The van der Waals surface area contributed by atoms with E-state index in [1.165, 1.54) is 25.7 Å². The molecule has 36 heavy (non-hydrogen) atoms. The molecule has 0 radical (unpaired) electrons. The van der Waals surface area contributed by atoms with Gasteiger partial charge < -0.3 is 20.6 Å². The smallest absolute Gasteiger partial charge is 0.326 e. The Kier molecular flexibility index (Phi) is 8.17. The van der Waals surface area contributed by atoms with Crippen molar-refractivity contribution in [2.24, 2.45) is 52.3 Å². The lowest BCUT2D eigenvalue weighted by Crippen LogP contribution is -2.58. The maximum atomic E-state index is 12.7. The van der Waals surface area contributed by atoms with E-state index >= 15 is 0 Å². The molecule has 1 amide bonds. The van der Waals surface area contributed by atoms with Crippen molar-refractivity contribution in [3.05, 3.63) is 0 Å². The Labute approximate surface area is 218 Å². The minimum Gasteiger partial charge on any atom is -0.480 e. The van der Waals surface area contributed by atoms with Gasteiger partial charge >= 0.3 is 5.97 Å². The normalized spacial score (nSPS) is 44.5. The summed E-state index contributed by atoms with van der Waals surface area (Å²) >= 11 is 0. The van der Waals surface area contributed by atoms with Gasteiger partial charge in [-0.15, -0.1) is 0 Å². The number of amides is 1. The monoisotopic (exact) mass is 505 g/mol. The summed E-state index contributed by atoms with van der Waals surface area (Å²) in [5, 5.41) is 33.8. The quantitative estimate of drug-likeness (QED) is 0.371. The SMILES string of the molecule is CCC(C)[C@H](NC(=O)CC[C@@H](C)[C@H]1CC[C@H]2[C@@H]3C[C@H](O)[C@@H]4C[C@H](O)CC[C@]4(C)[C@H]3CC[C@]12C)C(=O)O. The largest absolute Gasteiger partial charge is 0.480 e. The number of aliphatic hydroxyl groups excluding tert-OH is 2. The Hall–Kier alpha value is -1.14. The van der Waals surface area contributed by atoms with Crippen molar-refractivity contribution < 1.29 is 24.9 Å². The fourth-order valence-corrected chi connectivity index (χ4v) is 9.74. The second-order valence-corrected chi connectivity index (χ2v) is 13.7. The molecule has 0 heterocycles. The third-order valence-corrected chi connectivity index (χ3v) is 12.0. The molecule has 206 valence electrons. The molecule has 12 atom stereocenters. The van der Waals surface area contributed by atoms with Crippen LogP contribution in [0.3, 0.4) is 0 Å². The van der Waals surface area contributed by atoms with Gasteiger partial charge in [0.2, 0.25) is 5.91 Å². The van der Waals surface area contributed by atoms with E-state index < -0.39 is 12.0 Å². The number of carboxylic acids is 1. The van der Waals surface area contributed by atoms with Crippen LogP contribution in [0.15, 0.2) is 0 Å². The van der Waals surface area contributed by atoms with Crippen molar-refractivity contribution in [1.82, 2.24) is 5.32 Å². The maximum Gasteiger partial charge on any atom is 0.326 e. The summed E-state index contributed by atoms with van der Waals surface area (Å²) in [7, 11) is 0. The zero-order valence-electron chi connectivity index (χ0n) is 23.2. The van der Waals surface area contributed by atoms with Gasteiger partial charge in [0, 0.05) is 6.42 Å². The summed E-state index contributed by atoms with van der Waals surface area (Å²) in [4.78, 5) is 24.3. The second kappa shape index (κ2) is 10.6. The van der Waals surface area contributed by atoms with Crippen LogP contribution in [0.25, 0.3) is 0 Å². The van der Waals surface area contributed by atoms with Crippen LogP contribution in [0.4, 0.5) is 0 Å². The molecular formula is C30H51NO5. The average molecular weight is 506 g/mol. The predicted molar refractivity (Wildman–Crippen MR) is 140 cm³/mol. The third-order valence-electron chi connectivity index (χ3n) is 12.0. The van der Waals surface area contributed by atoms with Crippen molar-refractivity contribution in [2.45, 2.75) is 123 Å². The Morgan fingerprint density at radius 3 is 2.28 bits per heavy atom. The van der Waals surface area contributed by atoms with Gasteiger partial charge in [0.25, 0.3) is 0 Å². The van der Waals surface area contributed by atoms with Gasteiger partial charge in [-0.05, 0) is 110 Å². The zero-order chi connectivity index (χ0) is 26.4. The number of carbonyl (C=O) groups is 2. The van der Waals surface area contributed by atoms with Crippen LogP contribution < -0.4 is 5.32 Å². The number of carbonyl (C=O) groups excluding carboxylic acids is 1. The molecule has 0 saturated heterocycles. The van der Waals surface area contributed by atoms with E-state index in [0.29, 0.717) is 42.4 Å². The van der Waals surface area contributed by atoms with Gasteiger partial charge in [0.05, 0.1) is 12.2 Å². The van der Waals surface area contributed by atoms with Gasteiger partial charge in [-0.1, -0.05) is 41.0 Å². The number of nitrogens with one attached hydrogen (secondary N) is 1. The van der Waals surface area contributed by atoms with Crippen molar-refractivity contribution >= 4 is 11.9 Å². The molecule has 4 saturated carbocycles. The molecule has 0 aromatic carbocycles. The lowest BCUT2D eigenvalue weighted by molar-refractivity contribution is -0.172. The topological polar surface area (TPSA) is 107 Å². The minimum absolute atomic E-state index is 0.0895. The lowest BCUT2D eigenvalue weighted by atomic mass is 9.44. The number of fused-ring (bicyclic) bond motifs is 5. The second-order valence-electron chi connectivity index (χ2n) is 13.7. The molecule has 0 spiro atoms. The van der Waals surface area contributed by atoms with Crippen molar-refractivity contribution in [2.75, 3.05) is 0 Å². The average Bonchev–Trinajstić information content (AvgIpc) is 3.19. The fourth-order valence-electron chi connectivity index (χ4n) is 9.74. The van der Waals surface area contributed by atoms with Gasteiger partial charge in [-0.2, -0.15) is 0 Å². The van der Waals surface area contributed by atoms with Crippen LogP contribution in [-0.4, -0.2) is 45.4 Å². The number of aliphatic carboxylic acids is 1. The molecule has 4 aliphatic rings. The Bertz CT molecular complexity index is 817. The number of rotatable bonds is 8. The van der Waals surface area contributed by atoms with E-state index in [9.17, 15) is 24.9 Å². The van der Waals surface area contributed by atoms with Gasteiger partial charge in [-0.3, -0.25) is 4.79 Å². The minimum atomic E-state index is -0.952. The summed E-state index contributed by atoms with van der Waals surface area (Å²) in [6.07, 6.45) is 9.69. The highest BCUT2D eigenvalue weighted by Gasteiger charge is 2.62. The zero-order valence-corrected chi connectivity index (χ0v) is 23.2. The highest BCUT2D eigenvalue weighted by atomic mass is 16.4. The maximum absolute atomic E-state index is 12.7. The van der Waals surface area contributed by atoms with Crippen LogP contribution >= 0.6 is 0 Å². The highest BCUT2D eigenvalue weighted by Crippen LogP contribution is 2.68. The summed E-state index contributed by atoms with van der Waals surface area (Å²) in [5.74, 6) is 1.84.